The highest BCUT2D eigenvalue weighted by atomic mass is 16.4. The topological polar surface area (TPSA) is 92.8 Å². The van der Waals surface area contributed by atoms with Gasteiger partial charge in [-0.1, -0.05) is 40.7 Å². The maximum Gasteiger partial charge on any atom is 0.407 e. The number of likely N-dealkylation sites (tertiary alicyclic amines) is 1. The molecule has 1 aliphatic heterocycles. The number of allylic oxidation sites excluding steroid dienone is 1. The van der Waals surface area contributed by atoms with Crippen molar-refractivity contribution in [2.75, 3.05) is 33.7 Å². The van der Waals surface area contributed by atoms with Crippen LogP contribution in [0.15, 0.2) is 12.3 Å². The molecule has 0 bridgehead atoms. The molecule has 1 spiro atoms. The predicted molar refractivity (Wildman–Crippen MR) is 139 cm³/mol. The molecular formula is C27H45N5O3. The molecule has 1 aromatic heterocycles. The fraction of sp³-hybridized carbons (Fsp3) is 0.741. The van der Waals surface area contributed by atoms with Gasteiger partial charge < -0.3 is 19.8 Å². The zero-order valence-electron chi connectivity index (χ0n) is 22.8. The van der Waals surface area contributed by atoms with Crippen molar-refractivity contribution in [3.63, 3.8) is 0 Å². The van der Waals surface area contributed by atoms with Crippen LogP contribution >= 0.6 is 0 Å². The Kier molecular flexibility index (Phi) is 8.04. The van der Waals surface area contributed by atoms with E-state index in [1.807, 2.05) is 25.2 Å². The first kappa shape index (κ1) is 27.2. The van der Waals surface area contributed by atoms with Gasteiger partial charge in [-0.2, -0.15) is 5.10 Å². The molecule has 1 aliphatic carbocycles. The van der Waals surface area contributed by atoms with Crippen molar-refractivity contribution in [1.29, 1.82) is 0 Å². The maximum absolute atomic E-state index is 13.1. The summed E-state index contributed by atoms with van der Waals surface area (Å²) in [4.78, 5) is 30.5. The Bertz CT molecular complexity index is 943. The van der Waals surface area contributed by atoms with Gasteiger partial charge in [-0.15, -0.1) is 0 Å². The molecule has 0 aromatic carbocycles. The standard InChI is InChI=1S/C27H45N5O3/c1-8-26(9-2)18-27(31(7)23(26)33)12-10-20(11-13-27)22-21(16-28-29-22)17-30(6)14-15-32(24(34)35)19-25(3,4)5/h10,16H,8-9,11-15,17-19H2,1-7H3,(H,28,29)(H,34,35). The van der Waals surface area contributed by atoms with Crippen molar-refractivity contribution in [3.05, 3.63) is 23.5 Å². The molecule has 8 heteroatoms. The molecule has 1 aromatic rings. The van der Waals surface area contributed by atoms with E-state index in [1.54, 1.807) is 0 Å². The van der Waals surface area contributed by atoms with Crippen LogP contribution in [-0.4, -0.2) is 81.3 Å². The van der Waals surface area contributed by atoms with Crippen LogP contribution in [0.25, 0.3) is 5.57 Å². The summed E-state index contributed by atoms with van der Waals surface area (Å²) in [7, 11) is 4.01. The molecule has 1 unspecified atom stereocenters. The summed E-state index contributed by atoms with van der Waals surface area (Å²) in [6, 6.07) is 0. The molecule has 2 amide bonds. The molecule has 1 saturated heterocycles. The fourth-order valence-electron chi connectivity index (χ4n) is 5.96. The maximum atomic E-state index is 13.1. The van der Waals surface area contributed by atoms with Gasteiger partial charge in [0.2, 0.25) is 5.91 Å². The number of hydrogen-bond acceptors (Lipinski definition) is 4. The zero-order chi connectivity index (χ0) is 26.0. The van der Waals surface area contributed by atoms with E-state index in [2.05, 4.69) is 55.8 Å². The van der Waals surface area contributed by atoms with Gasteiger partial charge in [-0.25, -0.2) is 4.79 Å². The number of carbonyl (C=O) groups is 2. The highest BCUT2D eigenvalue weighted by molar-refractivity contribution is 5.86. The van der Waals surface area contributed by atoms with E-state index in [1.165, 1.54) is 10.5 Å². The lowest BCUT2D eigenvalue weighted by molar-refractivity contribution is -0.137. The number of likely N-dealkylation sites (N-methyl/N-ethyl adjacent to an activating group) is 1. The first-order valence-electron chi connectivity index (χ1n) is 13.0. The van der Waals surface area contributed by atoms with Crippen molar-refractivity contribution < 1.29 is 14.7 Å². The van der Waals surface area contributed by atoms with E-state index in [0.29, 0.717) is 32.1 Å². The highest BCUT2D eigenvalue weighted by Gasteiger charge is 2.55. The number of nitrogens with one attached hydrogen (secondary N) is 1. The van der Waals surface area contributed by atoms with Gasteiger partial charge in [0, 0.05) is 44.3 Å². The number of nitrogens with zero attached hydrogens (tertiary/aromatic N) is 4. The number of carbonyl (C=O) groups excluding carboxylic acids is 1. The van der Waals surface area contributed by atoms with E-state index in [4.69, 9.17) is 0 Å². The lowest BCUT2D eigenvalue weighted by Crippen LogP contribution is -2.44. The number of rotatable bonds is 9. The van der Waals surface area contributed by atoms with Crippen molar-refractivity contribution in [1.82, 2.24) is 24.9 Å². The third kappa shape index (κ3) is 5.74. The van der Waals surface area contributed by atoms with Gasteiger partial charge in [0.25, 0.3) is 0 Å². The largest absolute Gasteiger partial charge is 0.465 e. The summed E-state index contributed by atoms with van der Waals surface area (Å²) in [5.74, 6) is 0.310. The van der Waals surface area contributed by atoms with Crippen molar-refractivity contribution in [2.24, 2.45) is 10.8 Å². The van der Waals surface area contributed by atoms with E-state index in [-0.39, 0.29) is 16.4 Å². The third-order valence-electron chi connectivity index (χ3n) is 8.25. The second kappa shape index (κ2) is 10.3. The Labute approximate surface area is 210 Å². The molecule has 2 heterocycles. The Balaban J connectivity index is 1.65. The summed E-state index contributed by atoms with van der Waals surface area (Å²) in [5, 5.41) is 17.1. The van der Waals surface area contributed by atoms with Crippen LogP contribution in [0, 0.1) is 10.8 Å². The van der Waals surface area contributed by atoms with Crippen molar-refractivity contribution in [3.8, 4) is 0 Å². The first-order valence-corrected chi connectivity index (χ1v) is 13.0. The molecule has 8 nitrogen and oxygen atoms in total. The molecule has 0 radical (unpaired) electrons. The molecular weight excluding hydrogens is 442 g/mol. The van der Waals surface area contributed by atoms with Crippen LogP contribution in [0.5, 0.6) is 0 Å². The van der Waals surface area contributed by atoms with Crippen molar-refractivity contribution >= 4 is 17.6 Å². The van der Waals surface area contributed by atoms with Gasteiger partial charge in [-0.3, -0.25) is 9.89 Å². The number of H-pyrrole nitrogens is 1. The second-order valence-electron chi connectivity index (χ2n) is 12.0. The van der Waals surface area contributed by atoms with E-state index >= 15 is 0 Å². The van der Waals surface area contributed by atoms with Gasteiger partial charge in [0.15, 0.2) is 0 Å². The fourth-order valence-corrected chi connectivity index (χ4v) is 5.96. The van der Waals surface area contributed by atoms with Crippen LogP contribution in [0.3, 0.4) is 0 Å². The summed E-state index contributed by atoms with van der Waals surface area (Å²) >= 11 is 0. The number of amides is 2. The summed E-state index contributed by atoms with van der Waals surface area (Å²) in [6.45, 7) is 12.8. The van der Waals surface area contributed by atoms with E-state index < -0.39 is 6.09 Å². The molecule has 1 fully saturated rings. The number of aromatic amines is 1. The molecule has 196 valence electrons. The minimum atomic E-state index is -0.871. The van der Waals surface area contributed by atoms with Crippen molar-refractivity contribution in [2.45, 2.75) is 85.2 Å². The Morgan fingerprint density at radius 1 is 1.26 bits per heavy atom. The van der Waals surface area contributed by atoms with Crippen LogP contribution in [0.4, 0.5) is 4.79 Å². The number of carboxylic acid groups (broad SMARTS) is 1. The Morgan fingerprint density at radius 2 is 1.94 bits per heavy atom. The summed E-state index contributed by atoms with van der Waals surface area (Å²) < 4.78 is 0. The molecule has 2 aliphatic rings. The highest BCUT2D eigenvalue weighted by Crippen LogP contribution is 2.52. The van der Waals surface area contributed by atoms with Crippen LogP contribution in [-0.2, 0) is 11.3 Å². The van der Waals surface area contributed by atoms with Crippen LogP contribution < -0.4 is 0 Å². The first-order chi connectivity index (χ1) is 16.4. The average molecular weight is 488 g/mol. The smallest absolute Gasteiger partial charge is 0.407 e. The normalized spacial score (nSPS) is 22.2. The zero-order valence-corrected chi connectivity index (χ0v) is 22.8. The Morgan fingerprint density at radius 3 is 2.46 bits per heavy atom. The number of hydrogen-bond donors (Lipinski definition) is 2. The van der Waals surface area contributed by atoms with Gasteiger partial charge in [0.05, 0.1) is 17.3 Å². The SMILES string of the molecule is CCC1(CC)CC2(CC=C(c3[nH]ncc3CN(C)CCN(CC(C)(C)C)C(=O)O)CC2)N(C)C1=O. The average Bonchev–Trinajstić information content (AvgIpc) is 3.33. The summed E-state index contributed by atoms with van der Waals surface area (Å²) in [6.07, 6.45) is 8.82. The monoisotopic (exact) mass is 487 g/mol. The minimum absolute atomic E-state index is 0.0725. The third-order valence-corrected chi connectivity index (χ3v) is 8.25. The molecule has 0 saturated carbocycles. The van der Waals surface area contributed by atoms with E-state index in [9.17, 15) is 14.7 Å². The Hall–Kier alpha value is -2.35. The van der Waals surface area contributed by atoms with Crippen LogP contribution in [0.1, 0.15) is 84.4 Å². The minimum Gasteiger partial charge on any atom is -0.465 e. The summed E-state index contributed by atoms with van der Waals surface area (Å²) in [5.41, 5.74) is 3.10. The molecule has 1 atom stereocenters. The second-order valence-corrected chi connectivity index (χ2v) is 12.0. The van der Waals surface area contributed by atoms with Gasteiger partial charge in [0.1, 0.15) is 0 Å². The molecule has 35 heavy (non-hydrogen) atoms. The van der Waals surface area contributed by atoms with Crippen LogP contribution in [0.2, 0.25) is 0 Å². The van der Waals surface area contributed by atoms with Gasteiger partial charge >= 0.3 is 6.09 Å². The quantitative estimate of drug-likeness (QED) is 0.520. The number of aromatic nitrogens is 2. The molecule has 3 rings (SSSR count). The lowest BCUT2D eigenvalue weighted by Gasteiger charge is -2.39. The van der Waals surface area contributed by atoms with Gasteiger partial charge in [-0.05, 0) is 56.6 Å². The molecule has 2 N–H and O–H groups in total. The predicted octanol–water partition coefficient (Wildman–Crippen LogP) is 4.84. The van der Waals surface area contributed by atoms with E-state index in [0.717, 1.165) is 49.8 Å². The lowest BCUT2D eigenvalue weighted by atomic mass is 9.71.